The molecule has 2 rings (SSSR count). The standard InChI is InChI=1S/C15H19Cl3O/c1-3-19-13-9-11(16)10(8-12(13)17)14(18)15(2)6-4-5-7-15/h8-9,14H,3-7H2,1-2H3. The fourth-order valence-electron chi connectivity index (χ4n) is 2.82. The van der Waals surface area contributed by atoms with Crippen LogP contribution < -0.4 is 4.74 Å². The highest BCUT2D eigenvalue weighted by Crippen LogP contribution is 2.52. The van der Waals surface area contributed by atoms with E-state index in [4.69, 9.17) is 39.5 Å². The van der Waals surface area contributed by atoms with Crippen molar-refractivity contribution >= 4 is 34.8 Å². The molecule has 0 spiro atoms. The van der Waals surface area contributed by atoms with Crippen molar-refractivity contribution in [2.24, 2.45) is 5.41 Å². The lowest BCUT2D eigenvalue weighted by Gasteiger charge is -2.30. The van der Waals surface area contributed by atoms with Crippen molar-refractivity contribution in [2.45, 2.75) is 44.9 Å². The van der Waals surface area contributed by atoms with E-state index in [0.717, 1.165) is 18.4 Å². The molecule has 0 radical (unpaired) electrons. The van der Waals surface area contributed by atoms with E-state index in [-0.39, 0.29) is 10.8 Å². The summed E-state index contributed by atoms with van der Waals surface area (Å²) in [7, 11) is 0. The number of rotatable bonds is 4. The maximum atomic E-state index is 6.68. The van der Waals surface area contributed by atoms with Gasteiger partial charge in [-0.05, 0) is 36.8 Å². The van der Waals surface area contributed by atoms with Crippen LogP contribution in [0.25, 0.3) is 0 Å². The topological polar surface area (TPSA) is 9.23 Å². The Kier molecular flexibility index (Phi) is 4.92. The summed E-state index contributed by atoms with van der Waals surface area (Å²) in [5, 5.41) is 1.12. The van der Waals surface area contributed by atoms with Crippen molar-refractivity contribution < 1.29 is 4.74 Å². The quantitative estimate of drug-likeness (QED) is 0.595. The predicted molar refractivity (Wildman–Crippen MR) is 82.8 cm³/mol. The molecular formula is C15H19Cl3O. The van der Waals surface area contributed by atoms with Gasteiger partial charge >= 0.3 is 0 Å². The van der Waals surface area contributed by atoms with Gasteiger partial charge < -0.3 is 4.74 Å². The zero-order valence-electron chi connectivity index (χ0n) is 11.3. The van der Waals surface area contributed by atoms with Gasteiger partial charge in [-0.25, -0.2) is 0 Å². The molecule has 1 nitrogen and oxygen atoms in total. The monoisotopic (exact) mass is 320 g/mol. The Bertz CT molecular complexity index is 453. The Labute approximate surface area is 130 Å². The van der Waals surface area contributed by atoms with E-state index >= 15 is 0 Å². The molecular weight excluding hydrogens is 303 g/mol. The Morgan fingerprint density at radius 1 is 1.21 bits per heavy atom. The molecule has 0 aromatic heterocycles. The van der Waals surface area contributed by atoms with E-state index in [0.29, 0.717) is 22.4 Å². The smallest absolute Gasteiger partial charge is 0.139 e. The van der Waals surface area contributed by atoms with Crippen LogP contribution in [-0.2, 0) is 0 Å². The molecule has 1 aliphatic carbocycles. The van der Waals surface area contributed by atoms with Gasteiger partial charge in [-0.1, -0.05) is 43.0 Å². The molecule has 1 unspecified atom stereocenters. The van der Waals surface area contributed by atoms with Crippen molar-refractivity contribution in [1.29, 1.82) is 0 Å². The normalized spacial score (nSPS) is 19.4. The molecule has 0 heterocycles. The van der Waals surface area contributed by atoms with Crippen LogP contribution in [0.15, 0.2) is 12.1 Å². The molecule has 1 atom stereocenters. The molecule has 0 bridgehead atoms. The predicted octanol–water partition coefficient (Wildman–Crippen LogP) is 6.25. The molecule has 0 amide bonds. The van der Waals surface area contributed by atoms with Crippen molar-refractivity contribution in [3.05, 3.63) is 27.7 Å². The van der Waals surface area contributed by atoms with Crippen LogP contribution in [0.3, 0.4) is 0 Å². The second-order valence-electron chi connectivity index (χ2n) is 5.46. The van der Waals surface area contributed by atoms with Gasteiger partial charge in [-0.15, -0.1) is 11.6 Å². The molecule has 1 fully saturated rings. The number of ether oxygens (including phenoxy) is 1. The summed E-state index contributed by atoms with van der Waals surface area (Å²) in [6.45, 7) is 4.72. The molecule has 1 aromatic rings. The van der Waals surface area contributed by atoms with E-state index in [1.54, 1.807) is 6.07 Å². The summed E-state index contributed by atoms with van der Waals surface area (Å²) in [6, 6.07) is 3.63. The minimum absolute atomic E-state index is 0.101. The Morgan fingerprint density at radius 2 is 1.84 bits per heavy atom. The lowest BCUT2D eigenvalue weighted by atomic mass is 9.81. The fourth-order valence-corrected chi connectivity index (χ4v) is 3.76. The van der Waals surface area contributed by atoms with Gasteiger partial charge in [0.15, 0.2) is 0 Å². The Hall–Kier alpha value is -0.110. The number of halogens is 3. The average Bonchev–Trinajstić information content (AvgIpc) is 2.81. The largest absolute Gasteiger partial charge is 0.492 e. The zero-order chi connectivity index (χ0) is 14.0. The number of benzene rings is 1. The number of hydrogen-bond donors (Lipinski definition) is 0. The highest BCUT2D eigenvalue weighted by Gasteiger charge is 2.37. The average molecular weight is 322 g/mol. The first-order valence-electron chi connectivity index (χ1n) is 6.74. The van der Waals surface area contributed by atoms with Crippen LogP contribution in [0.2, 0.25) is 10.0 Å². The molecule has 19 heavy (non-hydrogen) atoms. The summed E-state index contributed by atoms with van der Waals surface area (Å²) in [5.41, 5.74) is 1.03. The van der Waals surface area contributed by atoms with Crippen LogP contribution in [0.4, 0.5) is 0 Å². The number of alkyl halides is 1. The van der Waals surface area contributed by atoms with Crippen LogP contribution in [0.5, 0.6) is 5.75 Å². The molecule has 0 saturated heterocycles. The van der Waals surface area contributed by atoms with Crippen LogP contribution in [-0.4, -0.2) is 6.61 Å². The van der Waals surface area contributed by atoms with Crippen molar-refractivity contribution in [1.82, 2.24) is 0 Å². The molecule has 0 N–H and O–H groups in total. The van der Waals surface area contributed by atoms with Crippen LogP contribution in [0.1, 0.15) is 50.5 Å². The second kappa shape index (κ2) is 6.11. The van der Waals surface area contributed by atoms with Gasteiger partial charge in [0.05, 0.1) is 17.0 Å². The van der Waals surface area contributed by atoms with E-state index < -0.39 is 0 Å². The molecule has 106 valence electrons. The maximum Gasteiger partial charge on any atom is 0.139 e. The second-order valence-corrected chi connectivity index (χ2v) is 6.71. The van der Waals surface area contributed by atoms with Crippen molar-refractivity contribution in [3.8, 4) is 5.75 Å². The van der Waals surface area contributed by atoms with Crippen molar-refractivity contribution in [3.63, 3.8) is 0 Å². The summed E-state index contributed by atoms with van der Waals surface area (Å²) < 4.78 is 5.44. The fraction of sp³-hybridized carbons (Fsp3) is 0.600. The van der Waals surface area contributed by atoms with E-state index in [1.165, 1.54) is 12.8 Å². The van der Waals surface area contributed by atoms with Crippen molar-refractivity contribution in [2.75, 3.05) is 6.61 Å². The van der Waals surface area contributed by atoms with Crippen LogP contribution in [0, 0.1) is 5.41 Å². The first-order chi connectivity index (χ1) is 8.98. The van der Waals surface area contributed by atoms with Crippen LogP contribution >= 0.6 is 34.8 Å². The minimum Gasteiger partial charge on any atom is -0.492 e. The first kappa shape index (κ1) is 15.3. The van der Waals surface area contributed by atoms with Gasteiger partial charge in [-0.2, -0.15) is 0 Å². The SMILES string of the molecule is CCOc1cc(Cl)c(C(Cl)C2(C)CCCC2)cc1Cl. The zero-order valence-corrected chi connectivity index (χ0v) is 13.6. The molecule has 1 aliphatic rings. The first-order valence-corrected chi connectivity index (χ1v) is 7.93. The summed E-state index contributed by atoms with van der Waals surface area (Å²) in [5.74, 6) is 0.623. The summed E-state index contributed by atoms with van der Waals surface area (Å²) in [6.07, 6.45) is 4.76. The molecule has 1 saturated carbocycles. The highest BCUT2D eigenvalue weighted by atomic mass is 35.5. The molecule has 1 aromatic carbocycles. The van der Waals surface area contributed by atoms with Gasteiger partial charge in [-0.3, -0.25) is 0 Å². The van der Waals surface area contributed by atoms with E-state index in [1.807, 2.05) is 13.0 Å². The minimum atomic E-state index is -0.101. The highest BCUT2D eigenvalue weighted by molar-refractivity contribution is 6.35. The van der Waals surface area contributed by atoms with E-state index in [2.05, 4.69) is 6.92 Å². The van der Waals surface area contributed by atoms with Gasteiger partial charge in [0.2, 0.25) is 0 Å². The van der Waals surface area contributed by atoms with Gasteiger partial charge in [0.25, 0.3) is 0 Å². The molecule has 0 aliphatic heterocycles. The van der Waals surface area contributed by atoms with Gasteiger partial charge in [0, 0.05) is 11.1 Å². The summed E-state index contributed by atoms with van der Waals surface area (Å²) in [4.78, 5) is 0. The lowest BCUT2D eigenvalue weighted by Crippen LogP contribution is -2.18. The third kappa shape index (κ3) is 3.15. The number of hydrogen-bond acceptors (Lipinski definition) is 1. The third-order valence-electron chi connectivity index (χ3n) is 3.98. The summed E-state index contributed by atoms with van der Waals surface area (Å²) >= 11 is 19.3. The Balaban J connectivity index is 2.32. The third-order valence-corrected chi connectivity index (χ3v) is 5.37. The Morgan fingerprint density at radius 3 is 2.42 bits per heavy atom. The maximum absolute atomic E-state index is 6.68. The van der Waals surface area contributed by atoms with E-state index in [9.17, 15) is 0 Å². The lowest BCUT2D eigenvalue weighted by molar-refractivity contribution is 0.320. The molecule has 4 heteroatoms. The van der Waals surface area contributed by atoms with Gasteiger partial charge in [0.1, 0.15) is 5.75 Å².